The SMILES string of the molecule is CN(C)c1ccc(NC(=O)[C@@H](Cc2ccccc2)NS(=O)(=O)c2cccc3nsnc23)cn1. The van der Waals surface area contributed by atoms with Crippen molar-refractivity contribution in [2.75, 3.05) is 24.3 Å². The third-order valence-corrected chi connectivity index (χ3v) is 6.95. The highest BCUT2D eigenvalue weighted by Crippen LogP contribution is 2.22. The van der Waals surface area contributed by atoms with E-state index in [0.29, 0.717) is 11.2 Å². The standard InChI is InChI=1S/C22H22N6O3S2/c1-28(2)20-12-11-16(14-23-20)24-22(29)18(13-15-7-4-3-5-8-15)27-33(30,31)19-10-6-9-17-21(19)26-32-25-17/h3-12,14,18,27H,13H2,1-2H3,(H,24,29)/t18-/m1/s1. The van der Waals surface area contributed by atoms with Gasteiger partial charge in [-0.05, 0) is 36.2 Å². The summed E-state index contributed by atoms with van der Waals surface area (Å²) in [7, 11) is -0.331. The molecule has 11 heteroatoms. The van der Waals surface area contributed by atoms with Gasteiger partial charge in [-0.3, -0.25) is 4.79 Å². The maximum atomic E-state index is 13.2. The van der Waals surface area contributed by atoms with E-state index in [2.05, 4.69) is 23.8 Å². The summed E-state index contributed by atoms with van der Waals surface area (Å²) in [5.74, 6) is 0.241. The molecule has 1 amide bonds. The molecule has 0 saturated carbocycles. The van der Waals surface area contributed by atoms with Crippen LogP contribution in [0.25, 0.3) is 11.0 Å². The van der Waals surface area contributed by atoms with E-state index in [1.54, 1.807) is 24.3 Å². The minimum atomic E-state index is -4.06. The summed E-state index contributed by atoms with van der Waals surface area (Å²) in [4.78, 5) is 19.3. The van der Waals surface area contributed by atoms with Crippen LogP contribution in [0.15, 0.2) is 71.8 Å². The van der Waals surface area contributed by atoms with Gasteiger partial charge in [0.25, 0.3) is 0 Å². The van der Waals surface area contributed by atoms with Crippen LogP contribution in [-0.2, 0) is 21.2 Å². The van der Waals surface area contributed by atoms with Crippen molar-refractivity contribution in [2.24, 2.45) is 0 Å². The molecule has 0 fully saturated rings. The number of sulfonamides is 1. The Labute approximate surface area is 195 Å². The molecule has 0 bridgehead atoms. The Bertz CT molecular complexity index is 1360. The molecule has 0 radical (unpaired) electrons. The summed E-state index contributed by atoms with van der Waals surface area (Å²) < 4.78 is 37.3. The second-order valence-corrected chi connectivity index (χ2v) is 9.75. The van der Waals surface area contributed by atoms with Gasteiger partial charge in [-0.1, -0.05) is 36.4 Å². The van der Waals surface area contributed by atoms with Crippen LogP contribution in [0.1, 0.15) is 5.56 Å². The van der Waals surface area contributed by atoms with E-state index in [0.717, 1.165) is 23.1 Å². The van der Waals surface area contributed by atoms with E-state index >= 15 is 0 Å². The van der Waals surface area contributed by atoms with Crippen LogP contribution in [0, 0.1) is 0 Å². The molecule has 2 aromatic heterocycles. The number of nitrogens with one attached hydrogen (secondary N) is 2. The van der Waals surface area contributed by atoms with Gasteiger partial charge in [-0.2, -0.15) is 13.5 Å². The zero-order valence-electron chi connectivity index (χ0n) is 18.0. The molecule has 0 aliphatic heterocycles. The minimum Gasteiger partial charge on any atom is -0.363 e. The van der Waals surface area contributed by atoms with E-state index in [1.165, 1.54) is 12.3 Å². The van der Waals surface area contributed by atoms with Crippen LogP contribution >= 0.6 is 11.7 Å². The zero-order chi connectivity index (χ0) is 23.4. The average Bonchev–Trinajstić information content (AvgIpc) is 3.28. The van der Waals surface area contributed by atoms with Crippen molar-refractivity contribution in [3.63, 3.8) is 0 Å². The Kier molecular flexibility index (Phi) is 6.63. The number of aromatic nitrogens is 3. The van der Waals surface area contributed by atoms with Crippen molar-refractivity contribution >= 4 is 50.2 Å². The number of rotatable bonds is 8. The number of hydrogen-bond donors (Lipinski definition) is 2. The third-order valence-electron chi connectivity index (χ3n) is 4.91. The average molecular weight is 483 g/mol. The van der Waals surface area contributed by atoms with Crippen LogP contribution < -0.4 is 14.9 Å². The summed E-state index contributed by atoms with van der Waals surface area (Å²) in [6.07, 6.45) is 1.70. The van der Waals surface area contributed by atoms with Crippen molar-refractivity contribution in [1.82, 2.24) is 18.5 Å². The van der Waals surface area contributed by atoms with Gasteiger partial charge in [0.1, 0.15) is 27.8 Å². The molecule has 1 atom stereocenters. The molecule has 0 aliphatic rings. The van der Waals surface area contributed by atoms with Crippen molar-refractivity contribution in [1.29, 1.82) is 0 Å². The Morgan fingerprint density at radius 3 is 2.52 bits per heavy atom. The van der Waals surface area contributed by atoms with Gasteiger partial charge in [0.05, 0.1) is 23.6 Å². The van der Waals surface area contributed by atoms with Gasteiger partial charge in [0.15, 0.2) is 0 Å². The van der Waals surface area contributed by atoms with Gasteiger partial charge in [-0.25, -0.2) is 13.4 Å². The second-order valence-electron chi connectivity index (χ2n) is 7.54. The maximum absolute atomic E-state index is 13.2. The summed E-state index contributed by atoms with van der Waals surface area (Å²) in [6.45, 7) is 0. The lowest BCUT2D eigenvalue weighted by atomic mass is 10.1. The van der Waals surface area contributed by atoms with Gasteiger partial charge >= 0.3 is 0 Å². The fraction of sp³-hybridized carbons (Fsp3) is 0.182. The highest BCUT2D eigenvalue weighted by atomic mass is 32.2. The molecule has 0 saturated heterocycles. The highest BCUT2D eigenvalue weighted by molar-refractivity contribution is 7.89. The van der Waals surface area contributed by atoms with E-state index in [4.69, 9.17) is 0 Å². The largest absolute Gasteiger partial charge is 0.363 e. The molecule has 9 nitrogen and oxygen atoms in total. The van der Waals surface area contributed by atoms with Crippen LogP contribution in [0.2, 0.25) is 0 Å². The Hall–Kier alpha value is -3.41. The van der Waals surface area contributed by atoms with E-state index in [9.17, 15) is 13.2 Å². The number of benzene rings is 2. The fourth-order valence-corrected chi connectivity index (χ4v) is 5.20. The first-order chi connectivity index (χ1) is 15.8. The van der Waals surface area contributed by atoms with Gasteiger partial charge in [0, 0.05) is 14.1 Å². The zero-order valence-corrected chi connectivity index (χ0v) is 19.6. The van der Waals surface area contributed by atoms with Crippen molar-refractivity contribution in [3.05, 3.63) is 72.4 Å². The lowest BCUT2D eigenvalue weighted by Gasteiger charge is -2.19. The van der Waals surface area contributed by atoms with E-state index in [1.807, 2.05) is 49.3 Å². The number of hydrogen-bond acceptors (Lipinski definition) is 8. The van der Waals surface area contributed by atoms with Gasteiger partial charge in [-0.15, -0.1) is 0 Å². The Balaban J connectivity index is 1.61. The molecule has 2 aromatic carbocycles. The summed E-state index contributed by atoms with van der Waals surface area (Å²) in [5, 5.41) is 2.76. The molecule has 4 aromatic rings. The molecule has 0 aliphatic carbocycles. The van der Waals surface area contributed by atoms with Crippen molar-refractivity contribution < 1.29 is 13.2 Å². The highest BCUT2D eigenvalue weighted by Gasteiger charge is 2.28. The molecule has 0 unspecified atom stereocenters. The van der Waals surface area contributed by atoms with Crippen LogP contribution in [0.5, 0.6) is 0 Å². The Morgan fingerprint density at radius 1 is 1.03 bits per heavy atom. The third kappa shape index (κ3) is 5.33. The number of pyridine rings is 1. The molecule has 0 spiro atoms. The topological polar surface area (TPSA) is 117 Å². The van der Waals surface area contributed by atoms with Crippen LogP contribution in [-0.4, -0.2) is 48.2 Å². The van der Waals surface area contributed by atoms with Gasteiger partial charge in [0.2, 0.25) is 15.9 Å². The van der Waals surface area contributed by atoms with Crippen LogP contribution in [0.3, 0.4) is 0 Å². The minimum absolute atomic E-state index is 0.0170. The molecule has 4 rings (SSSR count). The summed E-state index contributed by atoms with van der Waals surface area (Å²) >= 11 is 0.934. The monoisotopic (exact) mass is 482 g/mol. The van der Waals surface area contributed by atoms with Gasteiger partial charge < -0.3 is 10.2 Å². The second kappa shape index (κ2) is 9.61. The number of amides is 1. The number of carbonyl (C=O) groups excluding carboxylic acids is 1. The molecular formula is C22H22N6O3S2. The van der Waals surface area contributed by atoms with Crippen molar-refractivity contribution in [3.8, 4) is 0 Å². The summed E-state index contributed by atoms with van der Waals surface area (Å²) in [5.41, 5.74) is 2.04. The first-order valence-electron chi connectivity index (χ1n) is 10.1. The quantitative estimate of drug-likeness (QED) is 0.396. The number of nitrogens with zero attached hydrogens (tertiary/aromatic N) is 4. The molecular weight excluding hydrogens is 460 g/mol. The van der Waals surface area contributed by atoms with E-state index in [-0.39, 0.29) is 16.8 Å². The predicted molar refractivity (Wildman–Crippen MR) is 129 cm³/mol. The number of anilines is 2. The molecule has 2 N–H and O–H groups in total. The fourth-order valence-electron chi connectivity index (χ4n) is 3.24. The molecule has 170 valence electrons. The lowest BCUT2D eigenvalue weighted by molar-refractivity contribution is -0.117. The first kappa shape index (κ1) is 22.8. The van der Waals surface area contributed by atoms with Crippen LogP contribution in [0.4, 0.5) is 11.5 Å². The first-order valence-corrected chi connectivity index (χ1v) is 12.3. The number of fused-ring (bicyclic) bond motifs is 1. The molecule has 33 heavy (non-hydrogen) atoms. The smallest absolute Gasteiger partial charge is 0.243 e. The maximum Gasteiger partial charge on any atom is 0.243 e. The Morgan fingerprint density at radius 2 is 1.82 bits per heavy atom. The lowest BCUT2D eigenvalue weighted by Crippen LogP contribution is -2.45. The van der Waals surface area contributed by atoms with E-state index < -0.39 is 22.0 Å². The number of carbonyl (C=O) groups is 1. The normalized spacial score (nSPS) is 12.4. The van der Waals surface area contributed by atoms with Crippen molar-refractivity contribution in [2.45, 2.75) is 17.4 Å². The molecule has 2 heterocycles. The summed E-state index contributed by atoms with van der Waals surface area (Å²) in [6, 6.07) is 16.4. The predicted octanol–water partition coefficient (Wildman–Crippen LogP) is 2.68.